The second-order valence-electron chi connectivity index (χ2n) is 6.78. The fraction of sp³-hybridized carbons (Fsp3) is 0.625. The fourth-order valence-corrected chi connectivity index (χ4v) is 3.78. The molecule has 2 aliphatic heterocycles. The molecule has 2 aliphatic rings. The van der Waals surface area contributed by atoms with Gasteiger partial charge >= 0.3 is 0 Å². The maximum absolute atomic E-state index is 14.3. The van der Waals surface area contributed by atoms with Crippen LogP contribution in [-0.4, -0.2) is 52.4 Å². The number of piperidine rings is 2. The number of likely N-dealkylation sites (tertiary alicyclic amines) is 1. The zero-order valence-corrected chi connectivity index (χ0v) is 14.2. The van der Waals surface area contributed by atoms with E-state index in [1.54, 1.807) is 9.80 Å². The standard InChI is InChI=1S/C16H23FN6O2/c1-9-3-2-5-23(16(9)25)11-7-22(6-4-10(11)14(19)24)15-12(17)13(18)20-8-21-15/h8-11H,2-7H2,1H3,(H2,19,24)(H2,18,20,21)/t9-,10+,11+/m0/s1. The van der Waals surface area contributed by atoms with Crippen molar-refractivity contribution in [2.24, 2.45) is 17.6 Å². The molecular weight excluding hydrogens is 327 g/mol. The number of hydrogen-bond acceptors (Lipinski definition) is 6. The fourth-order valence-electron chi connectivity index (χ4n) is 3.78. The molecule has 3 heterocycles. The quantitative estimate of drug-likeness (QED) is 0.800. The summed E-state index contributed by atoms with van der Waals surface area (Å²) < 4.78 is 14.3. The molecule has 4 N–H and O–H groups in total. The minimum absolute atomic E-state index is 0.0204. The molecule has 0 aromatic carbocycles. The van der Waals surface area contributed by atoms with E-state index in [4.69, 9.17) is 11.5 Å². The van der Waals surface area contributed by atoms with Crippen molar-refractivity contribution in [1.82, 2.24) is 14.9 Å². The summed E-state index contributed by atoms with van der Waals surface area (Å²) in [5.74, 6) is -1.75. The van der Waals surface area contributed by atoms with Gasteiger partial charge in [-0.3, -0.25) is 9.59 Å². The number of nitrogen functional groups attached to an aromatic ring is 1. The summed E-state index contributed by atoms with van der Waals surface area (Å²) in [7, 11) is 0. The first-order chi connectivity index (χ1) is 11.9. The average Bonchev–Trinajstić information content (AvgIpc) is 2.59. The van der Waals surface area contributed by atoms with Crippen LogP contribution in [0.5, 0.6) is 0 Å². The molecule has 2 saturated heterocycles. The van der Waals surface area contributed by atoms with Crippen LogP contribution in [0, 0.1) is 17.7 Å². The predicted octanol–water partition coefficient (Wildman–Crippen LogP) is 0.137. The van der Waals surface area contributed by atoms with Gasteiger partial charge in [0.1, 0.15) is 6.33 Å². The first-order valence-electron chi connectivity index (χ1n) is 8.51. The molecule has 0 bridgehead atoms. The first kappa shape index (κ1) is 17.4. The summed E-state index contributed by atoms with van der Waals surface area (Å²) in [4.78, 5) is 35.6. The van der Waals surface area contributed by atoms with E-state index in [0.29, 0.717) is 26.1 Å². The molecule has 0 saturated carbocycles. The number of primary amides is 1. The van der Waals surface area contributed by atoms with E-state index in [0.717, 1.165) is 12.8 Å². The largest absolute Gasteiger partial charge is 0.381 e. The Morgan fingerprint density at radius 1 is 1.32 bits per heavy atom. The highest BCUT2D eigenvalue weighted by atomic mass is 19.1. The highest BCUT2D eigenvalue weighted by Gasteiger charge is 2.41. The first-order valence-corrected chi connectivity index (χ1v) is 8.51. The molecule has 0 unspecified atom stereocenters. The third-order valence-corrected chi connectivity index (χ3v) is 5.19. The Balaban J connectivity index is 1.88. The third kappa shape index (κ3) is 3.22. The van der Waals surface area contributed by atoms with Gasteiger partial charge in [0.25, 0.3) is 0 Å². The number of hydrogen-bond donors (Lipinski definition) is 2. The number of carbonyl (C=O) groups excluding carboxylic acids is 2. The number of rotatable bonds is 3. The van der Waals surface area contributed by atoms with Crippen LogP contribution >= 0.6 is 0 Å². The normalized spacial score (nSPS) is 27.4. The Morgan fingerprint density at radius 2 is 2.08 bits per heavy atom. The Bertz CT molecular complexity index is 685. The van der Waals surface area contributed by atoms with Crippen LogP contribution in [-0.2, 0) is 9.59 Å². The second-order valence-corrected chi connectivity index (χ2v) is 6.78. The van der Waals surface area contributed by atoms with Crippen molar-refractivity contribution in [3.8, 4) is 0 Å². The number of carbonyl (C=O) groups is 2. The zero-order chi connectivity index (χ0) is 18.1. The van der Waals surface area contributed by atoms with Crippen molar-refractivity contribution in [2.45, 2.75) is 32.2 Å². The van der Waals surface area contributed by atoms with Crippen LogP contribution in [0.4, 0.5) is 16.0 Å². The summed E-state index contributed by atoms with van der Waals surface area (Å²) in [6.45, 7) is 3.17. The molecule has 0 aliphatic carbocycles. The Morgan fingerprint density at radius 3 is 2.80 bits per heavy atom. The highest BCUT2D eigenvalue weighted by Crippen LogP contribution is 2.31. The summed E-state index contributed by atoms with van der Waals surface area (Å²) in [6, 6.07) is -0.392. The molecule has 2 amide bonds. The lowest BCUT2D eigenvalue weighted by Gasteiger charge is -2.45. The minimum Gasteiger partial charge on any atom is -0.381 e. The van der Waals surface area contributed by atoms with E-state index in [2.05, 4.69) is 9.97 Å². The Kier molecular flexibility index (Phi) is 4.73. The number of aromatic nitrogens is 2. The van der Waals surface area contributed by atoms with Gasteiger partial charge in [0.15, 0.2) is 11.6 Å². The van der Waals surface area contributed by atoms with Crippen LogP contribution in [0.25, 0.3) is 0 Å². The van der Waals surface area contributed by atoms with E-state index in [9.17, 15) is 14.0 Å². The van der Waals surface area contributed by atoms with Crippen LogP contribution in [0.15, 0.2) is 6.33 Å². The predicted molar refractivity (Wildman–Crippen MR) is 89.8 cm³/mol. The lowest BCUT2D eigenvalue weighted by atomic mass is 9.87. The molecule has 3 atom stereocenters. The molecule has 2 fully saturated rings. The van der Waals surface area contributed by atoms with Gasteiger partial charge < -0.3 is 21.3 Å². The molecule has 1 aromatic rings. The summed E-state index contributed by atoms with van der Waals surface area (Å²) in [6.07, 6.45) is 3.35. The van der Waals surface area contributed by atoms with Gasteiger partial charge in [-0.1, -0.05) is 6.92 Å². The Labute approximate surface area is 145 Å². The van der Waals surface area contributed by atoms with Crippen LogP contribution < -0.4 is 16.4 Å². The molecular formula is C16H23FN6O2. The monoisotopic (exact) mass is 350 g/mol. The van der Waals surface area contributed by atoms with Crippen molar-refractivity contribution < 1.29 is 14.0 Å². The van der Waals surface area contributed by atoms with Crippen LogP contribution in [0.1, 0.15) is 26.2 Å². The van der Waals surface area contributed by atoms with E-state index in [-0.39, 0.29) is 23.5 Å². The average molecular weight is 350 g/mol. The van der Waals surface area contributed by atoms with Gasteiger partial charge in [-0.05, 0) is 19.3 Å². The topological polar surface area (TPSA) is 118 Å². The molecule has 136 valence electrons. The number of amides is 2. The third-order valence-electron chi connectivity index (χ3n) is 5.19. The van der Waals surface area contributed by atoms with Crippen LogP contribution in [0.2, 0.25) is 0 Å². The molecule has 0 spiro atoms. The smallest absolute Gasteiger partial charge is 0.225 e. The number of nitrogens with two attached hydrogens (primary N) is 2. The van der Waals surface area contributed by atoms with E-state index >= 15 is 0 Å². The van der Waals surface area contributed by atoms with Gasteiger partial charge in [-0.25, -0.2) is 9.97 Å². The van der Waals surface area contributed by atoms with Gasteiger partial charge in [-0.2, -0.15) is 4.39 Å². The Hall–Kier alpha value is -2.45. The maximum atomic E-state index is 14.3. The maximum Gasteiger partial charge on any atom is 0.225 e. The number of anilines is 2. The van der Waals surface area contributed by atoms with E-state index < -0.39 is 23.7 Å². The van der Waals surface area contributed by atoms with Crippen molar-refractivity contribution in [1.29, 1.82) is 0 Å². The zero-order valence-electron chi connectivity index (χ0n) is 14.2. The number of halogens is 1. The number of nitrogens with zero attached hydrogens (tertiary/aromatic N) is 4. The van der Waals surface area contributed by atoms with Crippen LogP contribution in [0.3, 0.4) is 0 Å². The van der Waals surface area contributed by atoms with Gasteiger partial charge in [-0.15, -0.1) is 0 Å². The lowest BCUT2D eigenvalue weighted by Crippen LogP contribution is -2.59. The van der Waals surface area contributed by atoms with Crippen molar-refractivity contribution in [3.63, 3.8) is 0 Å². The van der Waals surface area contributed by atoms with Crippen molar-refractivity contribution in [2.75, 3.05) is 30.3 Å². The van der Waals surface area contributed by atoms with E-state index in [1.807, 2.05) is 6.92 Å². The molecule has 8 nitrogen and oxygen atoms in total. The summed E-state index contributed by atoms with van der Waals surface area (Å²) >= 11 is 0. The van der Waals surface area contributed by atoms with Gasteiger partial charge in [0.2, 0.25) is 17.6 Å². The molecule has 1 aromatic heterocycles. The SMILES string of the molecule is C[C@H]1CCCN([C@@H]2CN(c3ncnc(N)c3F)CC[C@H]2C(N)=O)C1=O. The molecule has 0 radical (unpaired) electrons. The summed E-state index contributed by atoms with van der Waals surface area (Å²) in [5, 5.41) is 0. The summed E-state index contributed by atoms with van der Waals surface area (Å²) in [5.41, 5.74) is 11.1. The highest BCUT2D eigenvalue weighted by molar-refractivity contribution is 5.82. The minimum atomic E-state index is -0.683. The van der Waals surface area contributed by atoms with E-state index in [1.165, 1.54) is 6.33 Å². The molecule has 25 heavy (non-hydrogen) atoms. The van der Waals surface area contributed by atoms with Gasteiger partial charge in [0, 0.05) is 25.6 Å². The van der Waals surface area contributed by atoms with Crippen molar-refractivity contribution in [3.05, 3.63) is 12.1 Å². The molecule has 3 rings (SSSR count). The lowest BCUT2D eigenvalue weighted by molar-refractivity contribution is -0.143. The second kappa shape index (κ2) is 6.81. The van der Waals surface area contributed by atoms with Gasteiger partial charge in [0.05, 0.1) is 12.0 Å². The molecule has 9 heteroatoms. The van der Waals surface area contributed by atoms with Crippen molar-refractivity contribution >= 4 is 23.5 Å².